The molecule has 0 aliphatic heterocycles. The van der Waals surface area contributed by atoms with Gasteiger partial charge in [0.2, 0.25) is 21.9 Å². The van der Waals surface area contributed by atoms with Crippen LogP contribution in [0.5, 0.6) is 5.75 Å². The summed E-state index contributed by atoms with van der Waals surface area (Å²) in [5.74, 6) is 0.361. The number of nitrogens with zero attached hydrogens (tertiary/aromatic N) is 3. The fourth-order valence-corrected chi connectivity index (χ4v) is 5.27. The smallest absolute Gasteiger partial charge is 0.243 e. The third kappa shape index (κ3) is 6.02. The van der Waals surface area contributed by atoms with Crippen molar-refractivity contribution in [2.24, 2.45) is 0 Å². The average molecular weight is 539 g/mol. The molecule has 4 aromatic rings. The zero-order valence-electron chi connectivity index (χ0n) is 20.7. The lowest BCUT2D eigenvalue weighted by molar-refractivity contribution is -0.116. The maximum absolute atomic E-state index is 13.1. The first-order valence-corrected chi connectivity index (χ1v) is 13.4. The molecular weight excluding hydrogens is 512 g/mol. The SMILES string of the molecule is CCN(CC(=O)Nc1nc(-c2ccc(Cl)cc2)cn1-c1cccc(OC)c1)S(=O)(=O)c1ccc(C)cc1. The molecule has 0 unspecified atom stereocenters. The minimum Gasteiger partial charge on any atom is -0.497 e. The molecule has 1 N–H and O–H groups in total. The standard InChI is InChI=1S/C27H27ClN4O4S/c1-4-31(37(34,35)24-14-8-19(2)9-15-24)18-26(33)30-27-29-25(20-10-12-21(28)13-11-20)17-32(27)22-6-5-7-23(16-22)36-3/h5-17H,4,18H2,1-3H3,(H,29,30,33). The number of carbonyl (C=O) groups is 1. The van der Waals surface area contributed by atoms with Gasteiger partial charge in [-0.3, -0.25) is 14.7 Å². The highest BCUT2D eigenvalue weighted by Gasteiger charge is 2.26. The van der Waals surface area contributed by atoms with Gasteiger partial charge in [0.05, 0.1) is 29.9 Å². The van der Waals surface area contributed by atoms with E-state index in [0.29, 0.717) is 22.2 Å². The van der Waals surface area contributed by atoms with E-state index in [2.05, 4.69) is 10.3 Å². The number of aromatic nitrogens is 2. The topological polar surface area (TPSA) is 93.5 Å². The normalized spacial score (nSPS) is 11.5. The zero-order chi connectivity index (χ0) is 26.6. The molecule has 0 saturated heterocycles. The van der Waals surface area contributed by atoms with E-state index in [-0.39, 0.29) is 23.9 Å². The van der Waals surface area contributed by atoms with E-state index in [1.54, 1.807) is 61.2 Å². The highest BCUT2D eigenvalue weighted by Crippen LogP contribution is 2.27. The molecule has 3 aromatic carbocycles. The maximum atomic E-state index is 13.1. The first-order valence-electron chi connectivity index (χ1n) is 11.6. The lowest BCUT2D eigenvalue weighted by Crippen LogP contribution is -2.38. The van der Waals surface area contributed by atoms with Gasteiger partial charge in [-0.2, -0.15) is 4.31 Å². The Balaban J connectivity index is 1.64. The number of nitrogens with one attached hydrogen (secondary N) is 1. The van der Waals surface area contributed by atoms with E-state index in [0.717, 1.165) is 15.4 Å². The molecule has 0 atom stereocenters. The Kier molecular flexibility index (Phi) is 7.97. The molecule has 1 aromatic heterocycles. The van der Waals surface area contributed by atoms with Gasteiger partial charge in [0, 0.05) is 29.4 Å². The molecule has 192 valence electrons. The van der Waals surface area contributed by atoms with Gasteiger partial charge in [0.25, 0.3) is 0 Å². The summed E-state index contributed by atoms with van der Waals surface area (Å²) in [6.07, 6.45) is 1.79. The molecule has 0 aliphatic carbocycles. The quantitative estimate of drug-likeness (QED) is 0.318. The van der Waals surface area contributed by atoms with Gasteiger partial charge >= 0.3 is 0 Å². The lowest BCUT2D eigenvalue weighted by atomic mass is 10.2. The van der Waals surface area contributed by atoms with Crippen molar-refractivity contribution in [3.05, 3.63) is 89.6 Å². The first-order chi connectivity index (χ1) is 17.7. The number of hydrogen-bond donors (Lipinski definition) is 1. The van der Waals surface area contributed by atoms with Crippen LogP contribution in [0.15, 0.2) is 83.9 Å². The van der Waals surface area contributed by atoms with E-state index >= 15 is 0 Å². The van der Waals surface area contributed by atoms with E-state index in [9.17, 15) is 13.2 Å². The summed E-state index contributed by atoms with van der Waals surface area (Å²) in [6.45, 7) is 3.33. The predicted molar refractivity (Wildman–Crippen MR) is 145 cm³/mol. The number of aryl methyl sites for hydroxylation is 1. The Bertz CT molecular complexity index is 1500. The fraction of sp³-hybridized carbons (Fsp3) is 0.185. The molecule has 0 radical (unpaired) electrons. The molecule has 0 fully saturated rings. The zero-order valence-corrected chi connectivity index (χ0v) is 22.3. The highest BCUT2D eigenvalue weighted by atomic mass is 35.5. The summed E-state index contributed by atoms with van der Waals surface area (Å²) in [6, 6.07) is 21.0. The van der Waals surface area contributed by atoms with Crippen LogP contribution >= 0.6 is 11.6 Å². The number of imidazole rings is 1. The van der Waals surface area contributed by atoms with Crippen LogP contribution in [-0.2, 0) is 14.8 Å². The van der Waals surface area contributed by atoms with Gasteiger partial charge < -0.3 is 4.74 Å². The molecule has 0 bridgehead atoms. The van der Waals surface area contributed by atoms with Crippen LogP contribution in [0, 0.1) is 6.92 Å². The van der Waals surface area contributed by atoms with Crippen LogP contribution in [0.4, 0.5) is 5.95 Å². The average Bonchev–Trinajstić information content (AvgIpc) is 3.31. The molecule has 10 heteroatoms. The third-order valence-electron chi connectivity index (χ3n) is 5.76. The van der Waals surface area contributed by atoms with Gasteiger partial charge in [-0.05, 0) is 43.3 Å². The number of likely N-dealkylation sites (N-methyl/N-ethyl adjacent to an activating group) is 1. The van der Waals surface area contributed by atoms with Crippen molar-refractivity contribution < 1.29 is 17.9 Å². The number of ether oxygens (including phenoxy) is 1. The monoisotopic (exact) mass is 538 g/mol. The fourth-order valence-electron chi connectivity index (χ4n) is 3.74. The molecule has 4 rings (SSSR count). The van der Waals surface area contributed by atoms with Gasteiger partial charge in [-0.15, -0.1) is 0 Å². The van der Waals surface area contributed by atoms with Crippen LogP contribution in [0.3, 0.4) is 0 Å². The summed E-state index contributed by atoms with van der Waals surface area (Å²) >= 11 is 6.03. The first kappa shape index (κ1) is 26.4. The second-order valence-corrected chi connectivity index (χ2v) is 10.7. The predicted octanol–water partition coefficient (Wildman–Crippen LogP) is 5.16. The Morgan fingerprint density at radius 1 is 1.08 bits per heavy atom. The summed E-state index contributed by atoms with van der Waals surface area (Å²) in [7, 11) is -2.28. The third-order valence-corrected chi connectivity index (χ3v) is 7.95. The maximum Gasteiger partial charge on any atom is 0.243 e. The van der Waals surface area contributed by atoms with E-state index in [4.69, 9.17) is 16.3 Å². The molecule has 8 nitrogen and oxygen atoms in total. The molecule has 1 amide bonds. The minimum absolute atomic E-state index is 0.129. The molecule has 37 heavy (non-hydrogen) atoms. The van der Waals surface area contributed by atoms with Crippen LogP contribution in [0.25, 0.3) is 16.9 Å². The number of methoxy groups -OCH3 is 1. The molecule has 0 aliphatic rings. The van der Waals surface area contributed by atoms with Crippen LogP contribution in [0.1, 0.15) is 12.5 Å². The van der Waals surface area contributed by atoms with Gasteiger partial charge in [0.1, 0.15) is 5.75 Å². The lowest BCUT2D eigenvalue weighted by Gasteiger charge is -2.20. The number of carbonyl (C=O) groups excluding carboxylic acids is 1. The van der Waals surface area contributed by atoms with E-state index < -0.39 is 15.9 Å². The highest BCUT2D eigenvalue weighted by molar-refractivity contribution is 7.89. The van der Waals surface area contributed by atoms with Crippen molar-refractivity contribution in [1.29, 1.82) is 0 Å². The second kappa shape index (κ2) is 11.2. The van der Waals surface area contributed by atoms with Gasteiger partial charge in [-0.25, -0.2) is 13.4 Å². The minimum atomic E-state index is -3.85. The summed E-state index contributed by atoms with van der Waals surface area (Å²) < 4.78 is 34.5. The Hall–Kier alpha value is -3.66. The molecular formula is C27H27ClN4O4S. The summed E-state index contributed by atoms with van der Waals surface area (Å²) in [5, 5.41) is 3.38. The van der Waals surface area contributed by atoms with Crippen LogP contribution in [-0.4, -0.2) is 48.4 Å². The van der Waals surface area contributed by atoms with Gasteiger partial charge in [-0.1, -0.05) is 54.4 Å². The van der Waals surface area contributed by atoms with E-state index in [1.165, 1.54) is 0 Å². The van der Waals surface area contributed by atoms with Crippen LogP contribution in [0.2, 0.25) is 5.02 Å². The number of sulfonamides is 1. The Morgan fingerprint density at radius 3 is 2.43 bits per heavy atom. The Morgan fingerprint density at radius 2 is 1.78 bits per heavy atom. The number of hydrogen-bond acceptors (Lipinski definition) is 5. The molecule has 1 heterocycles. The number of amides is 1. The van der Waals surface area contributed by atoms with Crippen molar-refractivity contribution in [1.82, 2.24) is 13.9 Å². The Labute approximate surface area is 221 Å². The number of anilines is 1. The van der Waals surface area contributed by atoms with Gasteiger partial charge in [0.15, 0.2) is 0 Å². The molecule has 0 saturated carbocycles. The second-order valence-electron chi connectivity index (χ2n) is 8.32. The van der Waals surface area contributed by atoms with Crippen molar-refractivity contribution in [3.8, 4) is 22.7 Å². The molecule has 0 spiro atoms. The largest absolute Gasteiger partial charge is 0.497 e. The van der Waals surface area contributed by atoms with Crippen molar-refractivity contribution in [2.45, 2.75) is 18.7 Å². The van der Waals surface area contributed by atoms with E-state index in [1.807, 2.05) is 43.3 Å². The van der Waals surface area contributed by atoms with Crippen molar-refractivity contribution >= 4 is 33.5 Å². The summed E-state index contributed by atoms with van der Waals surface area (Å²) in [5.41, 5.74) is 3.07. The number of halogens is 1. The van der Waals surface area contributed by atoms with Crippen molar-refractivity contribution in [3.63, 3.8) is 0 Å². The number of rotatable bonds is 9. The van der Waals surface area contributed by atoms with Crippen molar-refractivity contribution in [2.75, 3.05) is 25.5 Å². The summed E-state index contributed by atoms with van der Waals surface area (Å²) in [4.78, 5) is 17.9. The number of benzene rings is 3. The van der Waals surface area contributed by atoms with Crippen LogP contribution < -0.4 is 10.1 Å².